The third kappa shape index (κ3) is 3.64. The van der Waals surface area contributed by atoms with Gasteiger partial charge in [0.15, 0.2) is 11.9 Å². The van der Waals surface area contributed by atoms with Gasteiger partial charge < -0.3 is 15.2 Å². The molecule has 10 heteroatoms. The lowest BCUT2D eigenvalue weighted by Crippen LogP contribution is -2.21. The Hall–Kier alpha value is -3.30. The molecule has 0 aliphatic rings. The number of nitrogens with zero attached hydrogens (tertiary/aromatic N) is 3. The number of aromatic nitrogens is 3. The molecule has 0 unspecified atom stereocenters. The summed E-state index contributed by atoms with van der Waals surface area (Å²) in [6, 6.07) is 3.46. The number of alkyl halides is 2. The summed E-state index contributed by atoms with van der Waals surface area (Å²) in [5.74, 6) is -1.64. The van der Waals surface area contributed by atoms with Crippen molar-refractivity contribution >= 4 is 23.0 Å². The minimum absolute atomic E-state index is 0.0454. The van der Waals surface area contributed by atoms with Gasteiger partial charge in [-0.25, -0.2) is 27.5 Å². The summed E-state index contributed by atoms with van der Waals surface area (Å²) in [4.78, 5) is 15.4. The van der Waals surface area contributed by atoms with Crippen molar-refractivity contribution in [2.75, 3.05) is 18.7 Å². The number of hydrogen-bond acceptors (Lipinski definition) is 5. The fraction of sp³-hybridized carbons (Fsp3) is 0.235. The second-order valence-corrected chi connectivity index (χ2v) is 5.69. The van der Waals surface area contributed by atoms with Crippen molar-refractivity contribution in [3.8, 4) is 5.75 Å². The van der Waals surface area contributed by atoms with Crippen LogP contribution in [0.3, 0.4) is 0 Å². The molecule has 2 N–H and O–H groups in total. The van der Waals surface area contributed by atoms with Crippen molar-refractivity contribution in [1.82, 2.24) is 14.6 Å². The molecule has 142 valence electrons. The van der Waals surface area contributed by atoms with Gasteiger partial charge in [-0.1, -0.05) is 0 Å². The molecule has 7 nitrogen and oxygen atoms in total. The van der Waals surface area contributed by atoms with Crippen molar-refractivity contribution in [2.24, 2.45) is 0 Å². The Balaban J connectivity index is 2.04. The molecule has 2 aromatic heterocycles. The minimum Gasteiger partial charge on any atom is -0.483 e. The maximum absolute atomic E-state index is 13.6. The highest BCUT2D eigenvalue weighted by molar-refractivity contribution is 5.94. The van der Waals surface area contributed by atoms with Gasteiger partial charge in [0.1, 0.15) is 36.8 Å². The first-order chi connectivity index (χ1) is 12.9. The van der Waals surface area contributed by atoms with Crippen molar-refractivity contribution < 1.29 is 27.8 Å². The summed E-state index contributed by atoms with van der Waals surface area (Å²) in [5.41, 5.74) is 1.06. The number of hydrogen-bond donors (Lipinski definition) is 2. The Bertz CT molecular complexity index is 989. The Morgan fingerprint density at radius 2 is 2.11 bits per heavy atom. The van der Waals surface area contributed by atoms with E-state index in [0.29, 0.717) is 11.1 Å². The van der Waals surface area contributed by atoms with Gasteiger partial charge in [0.25, 0.3) is 0 Å². The van der Waals surface area contributed by atoms with Gasteiger partial charge in [0.05, 0.1) is 11.3 Å². The van der Waals surface area contributed by atoms with Crippen molar-refractivity contribution in [2.45, 2.75) is 13.0 Å². The second-order valence-electron chi connectivity index (χ2n) is 5.69. The third-order valence-corrected chi connectivity index (χ3v) is 3.89. The quantitative estimate of drug-likeness (QED) is 0.654. The molecular formula is C17H15F3N4O3. The minimum atomic E-state index is -1.37. The Morgan fingerprint density at radius 3 is 2.78 bits per heavy atom. The first-order valence-corrected chi connectivity index (χ1v) is 7.86. The summed E-state index contributed by atoms with van der Waals surface area (Å²) >= 11 is 0. The fourth-order valence-corrected chi connectivity index (χ4v) is 2.58. The summed E-state index contributed by atoms with van der Waals surface area (Å²) in [6.45, 7) is -0.564. The smallest absolute Gasteiger partial charge is 0.337 e. The molecule has 0 amide bonds. The van der Waals surface area contributed by atoms with Crippen LogP contribution in [0.4, 0.5) is 24.7 Å². The predicted molar refractivity (Wildman–Crippen MR) is 90.7 cm³/mol. The zero-order valence-corrected chi connectivity index (χ0v) is 14.1. The molecule has 1 aromatic carbocycles. The van der Waals surface area contributed by atoms with E-state index in [1.807, 2.05) is 0 Å². The number of aryl methyl sites for hydroxylation is 1. The summed E-state index contributed by atoms with van der Waals surface area (Å²) < 4.78 is 45.7. The Kier molecular flexibility index (Phi) is 5.15. The third-order valence-electron chi connectivity index (χ3n) is 3.89. The molecule has 0 aliphatic carbocycles. The number of halogens is 3. The SMILES string of the molecule is Cc1c(C(=O)O)cn2ncnc(Nc3ccc(F)cc3OC(CF)CF)c12. The molecule has 27 heavy (non-hydrogen) atoms. The molecule has 0 aliphatic heterocycles. The van der Waals surface area contributed by atoms with Crippen LogP contribution >= 0.6 is 0 Å². The topological polar surface area (TPSA) is 88.8 Å². The summed E-state index contributed by atoms with van der Waals surface area (Å²) in [5, 5.41) is 16.1. The standard InChI is InChI=1S/C17H15F3N4O3/c1-9-12(17(25)26)7-24-15(9)16(21-8-22-24)23-13-3-2-10(20)4-14(13)27-11(5-18)6-19/h2-4,7-8,11H,5-6H2,1H3,(H,25,26)(H,21,22,23). The first kappa shape index (κ1) is 18.5. The van der Waals surface area contributed by atoms with E-state index in [-0.39, 0.29) is 22.8 Å². The highest BCUT2D eigenvalue weighted by Crippen LogP contribution is 2.32. The Labute approximate surface area is 151 Å². The van der Waals surface area contributed by atoms with Crippen molar-refractivity contribution in [3.63, 3.8) is 0 Å². The molecule has 0 fully saturated rings. The number of nitrogens with one attached hydrogen (secondary N) is 1. The van der Waals surface area contributed by atoms with Crippen molar-refractivity contribution in [1.29, 1.82) is 0 Å². The molecule has 0 bridgehead atoms. The average molecular weight is 380 g/mol. The first-order valence-electron chi connectivity index (χ1n) is 7.86. The number of ether oxygens (including phenoxy) is 1. The van der Waals surface area contributed by atoms with Gasteiger partial charge in [0.2, 0.25) is 0 Å². The van der Waals surface area contributed by atoms with Crippen LogP contribution in [-0.4, -0.2) is 45.1 Å². The number of carboxylic acids is 1. The van der Waals surface area contributed by atoms with Crippen LogP contribution in [-0.2, 0) is 0 Å². The lowest BCUT2D eigenvalue weighted by atomic mass is 10.2. The zero-order chi connectivity index (χ0) is 19.6. The van der Waals surface area contributed by atoms with E-state index in [1.165, 1.54) is 23.1 Å². The number of fused-ring (bicyclic) bond motifs is 1. The Morgan fingerprint density at radius 1 is 1.37 bits per heavy atom. The largest absolute Gasteiger partial charge is 0.483 e. The number of carboxylic acid groups (broad SMARTS) is 1. The molecule has 3 rings (SSSR count). The van der Waals surface area contributed by atoms with Crippen LogP contribution < -0.4 is 10.1 Å². The van der Waals surface area contributed by atoms with E-state index >= 15 is 0 Å². The fourth-order valence-electron chi connectivity index (χ4n) is 2.58. The van der Waals surface area contributed by atoms with E-state index in [1.54, 1.807) is 6.92 Å². The van der Waals surface area contributed by atoms with Crippen LogP contribution in [0, 0.1) is 12.7 Å². The van der Waals surface area contributed by atoms with E-state index in [9.17, 15) is 23.1 Å². The van der Waals surface area contributed by atoms with Gasteiger partial charge >= 0.3 is 5.97 Å². The summed E-state index contributed by atoms with van der Waals surface area (Å²) in [7, 11) is 0. The molecule has 3 aromatic rings. The molecule has 0 radical (unpaired) electrons. The van der Waals surface area contributed by atoms with Crippen LogP contribution in [0.25, 0.3) is 5.52 Å². The highest BCUT2D eigenvalue weighted by Gasteiger charge is 2.19. The molecule has 0 saturated heterocycles. The molecule has 0 saturated carbocycles. The van der Waals surface area contributed by atoms with E-state index in [2.05, 4.69) is 15.4 Å². The predicted octanol–water partition coefficient (Wildman–Crippen LogP) is 3.31. The molecule has 2 heterocycles. The number of aromatic carboxylic acids is 1. The van der Waals surface area contributed by atoms with Gasteiger partial charge in [-0.2, -0.15) is 5.10 Å². The van der Waals surface area contributed by atoms with Crippen LogP contribution in [0.1, 0.15) is 15.9 Å². The summed E-state index contributed by atoms with van der Waals surface area (Å²) in [6.07, 6.45) is 1.17. The van der Waals surface area contributed by atoms with Crippen molar-refractivity contribution in [3.05, 3.63) is 47.7 Å². The second kappa shape index (κ2) is 7.52. The lowest BCUT2D eigenvalue weighted by molar-refractivity contribution is 0.0696. The normalized spacial score (nSPS) is 11.1. The van der Waals surface area contributed by atoms with Crippen LogP contribution in [0.5, 0.6) is 5.75 Å². The van der Waals surface area contributed by atoms with Gasteiger partial charge in [-0.05, 0) is 24.6 Å². The maximum Gasteiger partial charge on any atom is 0.337 e. The van der Waals surface area contributed by atoms with Crippen LogP contribution in [0.15, 0.2) is 30.7 Å². The highest BCUT2D eigenvalue weighted by atomic mass is 19.1. The van der Waals surface area contributed by atoms with E-state index in [0.717, 1.165) is 12.1 Å². The molecular weight excluding hydrogens is 365 g/mol. The van der Waals surface area contributed by atoms with Gasteiger partial charge in [0, 0.05) is 12.3 Å². The van der Waals surface area contributed by atoms with Crippen LogP contribution in [0.2, 0.25) is 0 Å². The zero-order valence-electron chi connectivity index (χ0n) is 14.1. The molecule has 0 spiro atoms. The number of carbonyl (C=O) groups is 1. The van der Waals surface area contributed by atoms with Gasteiger partial charge in [-0.15, -0.1) is 0 Å². The maximum atomic E-state index is 13.6. The number of rotatable bonds is 7. The van der Waals surface area contributed by atoms with Gasteiger partial charge in [-0.3, -0.25) is 0 Å². The van der Waals surface area contributed by atoms with E-state index < -0.39 is 31.2 Å². The lowest BCUT2D eigenvalue weighted by Gasteiger charge is -2.17. The number of anilines is 2. The molecule has 0 atom stereocenters. The van der Waals surface area contributed by atoms with E-state index in [4.69, 9.17) is 4.74 Å². The monoisotopic (exact) mass is 380 g/mol. The average Bonchev–Trinajstić information content (AvgIpc) is 2.99. The number of benzene rings is 1.